The SMILES string of the molecule is Brc1cccc(C2=NC3=C(c4cccc(Br)c4CC3)C(c3ccccc3)N2)c1. The van der Waals surface area contributed by atoms with E-state index in [1.165, 1.54) is 32.4 Å². The Hall–Kier alpha value is -2.17. The van der Waals surface area contributed by atoms with Crippen molar-refractivity contribution in [2.24, 2.45) is 4.99 Å². The second kappa shape index (κ2) is 7.34. The number of hydrogen-bond donors (Lipinski definition) is 1. The van der Waals surface area contributed by atoms with E-state index in [1.54, 1.807) is 0 Å². The summed E-state index contributed by atoms with van der Waals surface area (Å²) in [7, 11) is 0. The highest BCUT2D eigenvalue weighted by Crippen LogP contribution is 2.44. The number of rotatable bonds is 2. The fourth-order valence-corrected chi connectivity index (χ4v) is 5.06. The molecule has 1 aliphatic carbocycles. The fraction of sp³-hybridized carbons (Fsp3) is 0.125. The largest absolute Gasteiger partial charge is 0.359 e. The number of allylic oxidation sites excluding steroid dienone is 1. The van der Waals surface area contributed by atoms with Gasteiger partial charge < -0.3 is 5.32 Å². The standard InChI is InChI=1S/C24H18Br2N2/c25-17-9-4-8-16(14-17)24-27-21-13-12-18-19(10-5-11-20(18)26)22(21)23(28-24)15-6-2-1-3-7-15/h1-11,14,23H,12-13H2,(H,27,28). The minimum Gasteiger partial charge on any atom is -0.359 e. The molecule has 1 heterocycles. The number of halogens is 2. The topological polar surface area (TPSA) is 24.4 Å². The van der Waals surface area contributed by atoms with Crippen molar-refractivity contribution in [3.05, 3.63) is 110 Å². The van der Waals surface area contributed by atoms with Crippen molar-refractivity contribution < 1.29 is 0 Å². The van der Waals surface area contributed by atoms with Crippen LogP contribution in [0.1, 0.15) is 34.7 Å². The minimum atomic E-state index is 0.0797. The van der Waals surface area contributed by atoms with Gasteiger partial charge in [0, 0.05) is 25.8 Å². The van der Waals surface area contributed by atoms with Crippen LogP contribution in [-0.2, 0) is 6.42 Å². The molecule has 2 aliphatic rings. The number of fused-ring (bicyclic) bond motifs is 2. The average Bonchev–Trinajstić information content (AvgIpc) is 2.73. The van der Waals surface area contributed by atoms with Crippen molar-refractivity contribution in [2.45, 2.75) is 18.9 Å². The maximum atomic E-state index is 5.07. The number of benzene rings is 3. The Morgan fingerprint density at radius 2 is 1.68 bits per heavy atom. The van der Waals surface area contributed by atoms with Crippen molar-refractivity contribution >= 4 is 43.3 Å². The summed E-state index contributed by atoms with van der Waals surface area (Å²) in [6, 6.07) is 25.5. The molecule has 3 aromatic carbocycles. The second-order valence-corrected chi connectivity index (χ2v) is 8.86. The van der Waals surface area contributed by atoms with E-state index in [4.69, 9.17) is 4.99 Å². The molecule has 1 atom stereocenters. The number of aliphatic imine (C=N–C) groups is 1. The van der Waals surface area contributed by atoms with Crippen LogP contribution in [0.15, 0.2) is 92.4 Å². The first-order chi connectivity index (χ1) is 13.7. The fourth-order valence-electron chi connectivity index (χ4n) is 4.09. The third-order valence-corrected chi connectivity index (χ3v) is 6.62. The van der Waals surface area contributed by atoms with Gasteiger partial charge in [-0.3, -0.25) is 0 Å². The summed E-state index contributed by atoms with van der Waals surface area (Å²) in [5.74, 6) is 0.937. The van der Waals surface area contributed by atoms with Gasteiger partial charge in [0.2, 0.25) is 0 Å². The van der Waals surface area contributed by atoms with Crippen LogP contribution in [-0.4, -0.2) is 5.84 Å². The van der Waals surface area contributed by atoms with Gasteiger partial charge in [-0.25, -0.2) is 4.99 Å². The number of hydrogen-bond acceptors (Lipinski definition) is 2. The Morgan fingerprint density at radius 1 is 0.857 bits per heavy atom. The van der Waals surface area contributed by atoms with Crippen molar-refractivity contribution in [2.75, 3.05) is 0 Å². The molecule has 0 saturated carbocycles. The Balaban J connectivity index is 1.71. The molecule has 0 radical (unpaired) electrons. The molecule has 5 rings (SSSR count). The molecule has 4 heteroatoms. The predicted octanol–water partition coefficient (Wildman–Crippen LogP) is 6.66. The summed E-state index contributed by atoms with van der Waals surface area (Å²) in [5.41, 5.74) is 7.52. The van der Waals surface area contributed by atoms with E-state index in [2.05, 4.69) is 104 Å². The molecule has 138 valence electrons. The summed E-state index contributed by atoms with van der Waals surface area (Å²) in [6.07, 6.45) is 1.96. The van der Waals surface area contributed by atoms with Crippen LogP contribution >= 0.6 is 31.9 Å². The van der Waals surface area contributed by atoms with E-state index in [0.717, 1.165) is 28.7 Å². The average molecular weight is 494 g/mol. The molecule has 3 aromatic rings. The molecule has 0 aromatic heterocycles. The first-order valence-electron chi connectivity index (χ1n) is 9.37. The van der Waals surface area contributed by atoms with Crippen LogP contribution in [0.2, 0.25) is 0 Å². The van der Waals surface area contributed by atoms with Crippen LogP contribution in [0.25, 0.3) is 5.57 Å². The normalized spacial score (nSPS) is 18.1. The van der Waals surface area contributed by atoms with Crippen LogP contribution in [0.4, 0.5) is 0 Å². The highest BCUT2D eigenvalue weighted by atomic mass is 79.9. The van der Waals surface area contributed by atoms with E-state index >= 15 is 0 Å². The quantitative estimate of drug-likeness (QED) is 0.424. The molecule has 0 fully saturated rings. The zero-order valence-corrected chi connectivity index (χ0v) is 18.3. The maximum Gasteiger partial charge on any atom is 0.134 e. The smallest absolute Gasteiger partial charge is 0.134 e. The van der Waals surface area contributed by atoms with Gasteiger partial charge in [-0.15, -0.1) is 0 Å². The van der Waals surface area contributed by atoms with E-state index in [9.17, 15) is 0 Å². The lowest BCUT2D eigenvalue weighted by Gasteiger charge is -2.34. The third-order valence-electron chi connectivity index (χ3n) is 5.38. The number of amidine groups is 1. The molecular formula is C24H18Br2N2. The molecule has 0 spiro atoms. The van der Waals surface area contributed by atoms with Crippen molar-refractivity contribution in [1.29, 1.82) is 0 Å². The molecule has 1 N–H and O–H groups in total. The molecule has 0 saturated heterocycles. The molecule has 1 unspecified atom stereocenters. The lowest BCUT2D eigenvalue weighted by atomic mass is 9.81. The summed E-state index contributed by atoms with van der Waals surface area (Å²) in [4.78, 5) is 5.07. The summed E-state index contributed by atoms with van der Waals surface area (Å²) >= 11 is 7.33. The van der Waals surface area contributed by atoms with Gasteiger partial charge in [-0.05, 0) is 47.7 Å². The van der Waals surface area contributed by atoms with Crippen molar-refractivity contribution in [3.8, 4) is 0 Å². The van der Waals surface area contributed by atoms with Gasteiger partial charge in [-0.1, -0.05) is 86.5 Å². The van der Waals surface area contributed by atoms with Gasteiger partial charge in [-0.2, -0.15) is 0 Å². The Labute approximate surface area is 181 Å². The zero-order chi connectivity index (χ0) is 19.1. The molecular weight excluding hydrogens is 476 g/mol. The summed E-state index contributed by atoms with van der Waals surface area (Å²) < 4.78 is 2.24. The van der Waals surface area contributed by atoms with Crippen molar-refractivity contribution in [1.82, 2.24) is 5.32 Å². The van der Waals surface area contributed by atoms with E-state index in [0.29, 0.717) is 0 Å². The maximum absolute atomic E-state index is 5.07. The molecule has 0 amide bonds. The predicted molar refractivity (Wildman–Crippen MR) is 122 cm³/mol. The highest BCUT2D eigenvalue weighted by Gasteiger charge is 2.32. The molecule has 1 aliphatic heterocycles. The van der Waals surface area contributed by atoms with Gasteiger partial charge in [0.25, 0.3) is 0 Å². The lowest BCUT2D eigenvalue weighted by Crippen LogP contribution is -2.35. The van der Waals surface area contributed by atoms with Crippen LogP contribution < -0.4 is 5.32 Å². The Morgan fingerprint density at radius 3 is 2.50 bits per heavy atom. The Kier molecular flexibility index (Phi) is 4.69. The molecule has 0 bridgehead atoms. The minimum absolute atomic E-state index is 0.0797. The summed E-state index contributed by atoms with van der Waals surface area (Å²) in [6.45, 7) is 0. The van der Waals surface area contributed by atoms with Crippen LogP contribution in [0.3, 0.4) is 0 Å². The number of nitrogens with one attached hydrogen (secondary N) is 1. The third kappa shape index (κ3) is 3.15. The number of nitrogens with zero attached hydrogens (tertiary/aromatic N) is 1. The highest BCUT2D eigenvalue weighted by molar-refractivity contribution is 9.10. The zero-order valence-electron chi connectivity index (χ0n) is 15.1. The van der Waals surface area contributed by atoms with E-state index in [1.807, 2.05) is 6.07 Å². The van der Waals surface area contributed by atoms with Crippen LogP contribution in [0, 0.1) is 0 Å². The molecule has 28 heavy (non-hydrogen) atoms. The Bertz CT molecular complexity index is 1120. The van der Waals surface area contributed by atoms with Gasteiger partial charge in [0.05, 0.1) is 6.04 Å². The summed E-state index contributed by atoms with van der Waals surface area (Å²) in [5, 5.41) is 3.73. The first kappa shape index (κ1) is 17.9. The van der Waals surface area contributed by atoms with Crippen molar-refractivity contribution in [3.63, 3.8) is 0 Å². The molecule has 2 nitrogen and oxygen atoms in total. The van der Waals surface area contributed by atoms with Gasteiger partial charge in [0.1, 0.15) is 5.84 Å². The van der Waals surface area contributed by atoms with E-state index in [-0.39, 0.29) is 6.04 Å². The monoisotopic (exact) mass is 492 g/mol. The first-order valence-corrected chi connectivity index (χ1v) is 11.0. The van der Waals surface area contributed by atoms with Crippen LogP contribution in [0.5, 0.6) is 0 Å². The van der Waals surface area contributed by atoms with Gasteiger partial charge in [0.15, 0.2) is 0 Å². The van der Waals surface area contributed by atoms with E-state index < -0.39 is 0 Å². The van der Waals surface area contributed by atoms with Gasteiger partial charge >= 0.3 is 0 Å². The second-order valence-electron chi connectivity index (χ2n) is 7.09. The lowest BCUT2D eigenvalue weighted by molar-refractivity contribution is 0.750.